The lowest BCUT2D eigenvalue weighted by Crippen LogP contribution is -1.96. The Morgan fingerprint density at radius 1 is 1.31 bits per heavy atom. The predicted octanol–water partition coefficient (Wildman–Crippen LogP) is 2.11. The van der Waals surface area contributed by atoms with E-state index in [0.29, 0.717) is 15.5 Å². The van der Waals surface area contributed by atoms with Crippen LogP contribution in [0.1, 0.15) is 0 Å². The molecule has 0 saturated heterocycles. The first-order chi connectivity index (χ1) is 7.38. The Balaban J connectivity index is 2.82. The van der Waals surface area contributed by atoms with E-state index in [4.69, 9.17) is 0 Å². The third-order valence-corrected chi connectivity index (χ3v) is 3.67. The minimum Gasteiger partial charge on any atom is -0.507 e. The van der Waals surface area contributed by atoms with Gasteiger partial charge in [0.05, 0.1) is 10.4 Å². The largest absolute Gasteiger partial charge is 0.507 e. The van der Waals surface area contributed by atoms with Crippen LogP contribution in [0.4, 0.5) is 0 Å². The monoisotopic (exact) mass is 301 g/mol. The van der Waals surface area contributed by atoms with E-state index in [0.717, 1.165) is 6.26 Å². The highest BCUT2D eigenvalue weighted by molar-refractivity contribution is 9.10. The van der Waals surface area contributed by atoms with Crippen LogP contribution in [0.15, 0.2) is 33.8 Å². The summed E-state index contributed by atoms with van der Waals surface area (Å²) in [4.78, 5) is 4.29. The van der Waals surface area contributed by atoms with Crippen LogP contribution >= 0.6 is 15.9 Å². The molecule has 0 bridgehead atoms. The number of aromatic hydroxyl groups is 1. The fourth-order valence-corrected chi connectivity index (χ4v) is 2.44. The van der Waals surface area contributed by atoms with Crippen LogP contribution in [0, 0.1) is 0 Å². The normalized spacial score (nSPS) is 11.9. The second-order valence-electron chi connectivity index (χ2n) is 3.42. The van der Waals surface area contributed by atoms with Crippen molar-refractivity contribution in [2.75, 3.05) is 6.26 Å². The number of aromatic nitrogens is 1. The summed E-state index contributed by atoms with van der Waals surface area (Å²) in [6.07, 6.45) is 1.12. The number of nitrogens with zero attached hydrogens (tertiary/aromatic N) is 1. The first kappa shape index (κ1) is 11.3. The maximum Gasteiger partial charge on any atom is 0.175 e. The lowest BCUT2D eigenvalue weighted by molar-refractivity contribution is 0.480. The van der Waals surface area contributed by atoms with Crippen molar-refractivity contribution >= 4 is 36.7 Å². The lowest BCUT2D eigenvalue weighted by Gasteiger charge is -2.03. The SMILES string of the molecule is CS(=O)(=O)c1ccc2nc(Br)cc(O)c2c1. The van der Waals surface area contributed by atoms with Gasteiger partial charge in [0, 0.05) is 17.7 Å². The molecule has 1 N–H and O–H groups in total. The lowest BCUT2D eigenvalue weighted by atomic mass is 10.2. The molecule has 2 rings (SSSR count). The molecule has 0 atom stereocenters. The molecule has 0 aliphatic rings. The molecular formula is C10H8BrNO3S. The van der Waals surface area contributed by atoms with Crippen LogP contribution < -0.4 is 0 Å². The van der Waals surface area contributed by atoms with Crippen molar-refractivity contribution in [1.82, 2.24) is 4.98 Å². The zero-order valence-corrected chi connectivity index (χ0v) is 10.7. The summed E-state index contributed by atoms with van der Waals surface area (Å²) in [6, 6.07) is 5.88. The highest BCUT2D eigenvalue weighted by atomic mass is 79.9. The Labute approximate surface area is 101 Å². The second kappa shape index (κ2) is 3.71. The van der Waals surface area contributed by atoms with Crippen molar-refractivity contribution in [2.24, 2.45) is 0 Å². The standard InChI is InChI=1S/C10H8BrNO3S/c1-16(14,15)6-2-3-8-7(4-6)9(13)5-10(11)12-8/h2-5H,1H3,(H,12,13). The minimum atomic E-state index is -3.27. The number of hydrogen-bond donors (Lipinski definition) is 1. The third kappa shape index (κ3) is 2.03. The van der Waals surface area contributed by atoms with Crippen LogP contribution in [0.25, 0.3) is 10.9 Å². The maximum absolute atomic E-state index is 11.3. The summed E-state index contributed by atoms with van der Waals surface area (Å²) in [5.41, 5.74) is 0.541. The van der Waals surface area contributed by atoms with Gasteiger partial charge < -0.3 is 5.11 Å². The summed E-state index contributed by atoms with van der Waals surface area (Å²) in [5.74, 6) is 0.00220. The average Bonchev–Trinajstić information content (AvgIpc) is 2.15. The molecule has 0 unspecified atom stereocenters. The number of halogens is 1. The number of sulfone groups is 1. The van der Waals surface area contributed by atoms with Gasteiger partial charge in [-0.05, 0) is 34.1 Å². The van der Waals surface area contributed by atoms with Gasteiger partial charge in [0.1, 0.15) is 10.4 Å². The van der Waals surface area contributed by atoms with Gasteiger partial charge in [0.2, 0.25) is 0 Å². The van der Waals surface area contributed by atoms with Crippen molar-refractivity contribution in [3.63, 3.8) is 0 Å². The molecule has 1 aromatic heterocycles. The molecule has 0 fully saturated rings. The first-order valence-electron chi connectivity index (χ1n) is 4.37. The quantitative estimate of drug-likeness (QED) is 0.819. The Morgan fingerprint density at radius 2 is 2.00 bits per heavy atom. The van der Waals surface area contributed by atoms with Gasteiger partial charge in [-0.2, -0.15) is 0 Å². The zero-order valence-electron chi connectivity index (χ0n) is 8.31. The van der Waals surface area contributed by atoms with Crippen LogP contribution in [0.2, 0.25) is 0 Å². The Hall–Kier alpha value is -1.14. The minimum absolute atomic E-state index is 0.00220. The highest BCUT2D eigenvalue weighted by Gasteiger charge is 2.10. The molecular weight excluding hydrogens is 294 g/mol. The van der Waals surface area contributed by atoms with E-state index in [-0.39, 0.29) is 10.6 Å². The van der Waals surface area contributed by atoms with Crippen LogP contribution in [-0.2, 0) is 9.84 Å². The van der Waals surface area contributed by atoms with E-state index < -0.39 is 9.84 Å². The Bertz CT molecular complexity index is 667. The number of fused-ring (bicyclic) bond motifs is 1. The smallest absolute Gasteiger partial charge is 0.175 e. The second-order valence-corrected chi connectivity index (χ2v) is 6.24. The average molecular weight is 302 g/mol. The van der Waals surface area contributed by atoms with Gasteiger partial charge in [-0.3, -0.25) is 0 Å². The molecule has 1 aromatic carbocycles. The van der Waals surface area contributed by atoms with Gasteiger partial charge in [-0.25, -0.2) is 13.4 Å². The van der Waals surface area contributed by atoms with E-state index in [1.54, 1.807) is 6.07 Å². The molecule has 0 aliphatic heterocycles. The van der Waals surface area contributed by atoms with Crippen molar-refractivity contribution in [1.29, 1.82) is 0 Å². The van der Waals surface area contributed by atoms with Crippen molar-refractivity contribution < 1.29 is 13.5 Å². The molecule has 4 nitrogen and oxygen atoms in total. The number of rotatable bonds is 1. The molecule has 84 valence electrons. The summed E-state index contributed by atoms with van der Waals surface area (Å²) in [5, 5.41) is 10.1. The zero-order chi connectivity index (χ0) is 11.9. The molecule has 0 radical (unpaired) electrons. The molecule has 0 amide bonds. The Kier molecular flexibility index (Phi) is 2.63. The van der Waals surface area contributed by atoms with Gasteiger partial charge in [0.25, 0.3) is 0 Å². The predicted molar refractivity (Wildman–Crippen MR) is 64.2 cm³/mol. The van der Waals surface area contributed by atoms with E-state index in [9.17, 15) is 13.5 Å². The van der Waals surface area contributed by atoms with Crippen LogP contribution in [0.5, 0.6) is 5.75 Å². The highest BCUT2D eigenvalue weighted by Crippen LogP contribution is 2.28. The fourth-order valence-electron chi connectivity index (χ4n) is 1.39. The number of benzene rings is 1. The molecule has 16 heavy (non-hydrogen) atoms. The van der Waals surface area contributed by atoms with Gasteiger partial charge in [0.15, 0.2) is 9.84 Å². The van der Waals surface area contributed by atoms with Crippen molar-refractivity contribution in [2.45, 2.75) is 4.90 Å². The van der Waals surface area contributed by atoms with Crippen LogP contribution in [-0.4, -0.2) is 24.8 Å². The first-order valence-corrected chi connectivity index (χ1v) is 7.06. The number of hydrogen-bond acceptors (Lipinski definition) is 4. The third-order valence-electron chi connectivity index (χ3n) is 2.16. The Morgan fingerprint density at radius 3 is 2.62 bits per heavy atom. The molecule has 6 heteroatoms. The number of pyridine rings is 1. The maximum atomic E-state index is 11.3. The summed E-state index contributed by atoms with van der Waals surface area (Å²) >= 11 is 3.15. The summed E-state index contributed by atoms with van der Waals surface area (Å²) in [7, 11) is -3.27. The van der Waals surface area contributed by atoms with Gasteiger partial charge in [-0.1, -0.05) is 0 Å². The molecule has 1 heterocycles. The van der Waals surface area contributed by atoms with E-state index >= 15 is 0 Å². The summed E-state index contributed by atoms with van der Waals surface area (Å²) in [6.45, 7) is 0. The van der Waals surface area contributed by atoms with E-state index in [1.807, 2.05) is 0 Å². The van der Waals surface area contributed by atoms with Gasteiger partial charge >= 0.3 is 0 Å². The van der Waals surface area contributed by atoms with Crippen LogP contribution in [0.3, 0.4) is 0 Å². The van der Waals surface area contributed by atoms with Gasteiger partial charge in [-0.15, -0.1) is 0 Å². The summed E-state index contributed by atoms with van der Waals surface area (Å²) < 4.78 is 23.2. The topological polar surface area (TPSA) is 67.3 Å². The fraction of sp³-hybridized carbons (Fsp3) is 0.100. The van der Waals surface area contributed by atoms with E-state index in [1.165, 1.54) is 18.2 Å². The molecule has 2 aromatic rings. The molecule has 0 saturated carbocycles. The molecule has 0 aliphatic carbocycles. The van der Waals surface area contributed by atoms with Crippen molar-refractivity contribution in [3.8, 4) is 5.75 Å². The van der Waals surface area contributed by atoms with Crippen molar-refractivity contribution in [3.05, 3.63) is 28.9 Å². The molecule has 0 spiro atoms. The van der Waals surface area contributed by atoms with E-state index in [2.05, 4.69) is 20.9 Å².